The maximum atomic E-state index is 6.00. The molecule has 0 spiro atoms. The van der Waals surface area contributed by atoms with Crippen molar-refractivity contribution in [3.05, 3.63) is 30.6 Å². The van der Waals surface area contributed by atoms with Crippen molar-refractivity contribution in [3.63, 3.8) is 0 Å². The van der Waals surface area contributed by atoms with Crippen LogP contribution in [0.3, 0.4) is 0 Å². The summed E-state index contributed by atoms with van der Waals surface area (Å²) >= 11 is 0. The zero-order valence-electron chi connectivity index (χ0n) is 11.8. The van der Waals surface area contributed by atoms with Gasteiger partial charge in [0.1, 0.15) is 0 Å². The third-order valence-electron chi connectivity index (χ3n) is 3.49. The third kappa shape index (κ3) is 3.37. The van der Waals surface area contributed by atoms with Crippen molar-refractivity contribution < 1.29 is 0 Å². The van der Waals surface area contributed by atoms with Gasteiger partial charge in [-0.3, -0.25) is 4.98 Å². The van der Waals surface area contributed by atoms with Gasteiger partial charge in [-0.2, -0.15) is 0 Å². The first-order chi connectivity index (χ1) is 9.22. The number of pyridine rings is 1. The molecule has 102 valence electrons. The molecule has 0 fully saturated rings. The summed E-state index contributed by atoms with van der Waals surface area (Å²) in [7, 11) is 0. The van der Waals surface area contributed by atoms with E-state index < -0.39 is 0 Å². The van der Waals surface area contributed by atoms with Gasteiger partial charge in [0.2, 0.25) is 0 Å². The SMILES string of the molecule is CCCCCC(C)Nc1ccc(N)c2ccncc12. The highest BCUT2D eigenvalue weighted by Gasteiger charge is 2.07. The summed E-state index contributed by atoms with van der Waals surface area (Å²) in [6, 6.07) is 6.45. The zero-order chi connectivity index (χ0) is 13.7. The maximum Gasteiger partial charge on any atom is 0.0439 e. The molecule has 0 amide bonds. The van der Waals surface area contributed by atoms with Gasteiger partial charge in [-0.15, -0.1) is 0 Å². The molecule has 3 nitrogen and oxygen atoms in total. The van der Waals surface area contributed by atoms with Gasteiger partial charge in [0, 0.05) is 40.6 Å². The minimum absolute atomic E-state index is 0.471. The first-order valence-electron chi connectivity index (χ1n) is 7.11. The quantitative estimate of drug-likeness (QED) is 0.602. The Morgan fingerprint density at radius 1 is 1.21 bits per heavy atom. The van der Waals surface area contributed by atoms with E-state index in [1.54, 1.807) is 6.20 Å². The molecule has 1 unspecified atom stereocenters. The van der Waals surface area contributed by atoms with Crippen LogP contribution in [0.1, 0.15) is 39.5 Å². The molecule has 3 N–H and O–H groups in total. The van der Waals surface area contributed by atoms with Gasteiger partial charge in [0.05, 0.1) is 0 Å². The molecular weight excluding hydrogens is 234 g/mol. The van der Waals surface area contributed by atoms with E-state index in [1.165, 1.54) is 25.7 Å². The molecule has 19 heavy (non-hydrogen) atoms. The lowest BCUT2D eigenvalue weighted by atomic mass is 10.1. The topological polar surface area (TPSA) is 50.9 Å². The third-order valence-corrected chi connectivity index (χ3v) is 3.49. The molecule has 1 aromatic carbocycles. The summed E-state index contributed by atoms with van der Waals surface area (Å²) in [4.78, 5) is 4.20. The van der Waals surface area contributed by atoms with Crippen LogP contribution in [0.5, 0.6) is 0 Å². The van der Waals surface area contributed by atoms with Crippen molar-refractivity contribution >= 4 is 22.1 Å². The number of unbranched alkanes of at least 4 members (excludes halogenated alkanes) is 2. The minimum atomic E-state index is 0.471. The largest absolute Gasteiger partial charge is 0.398 e. The highest BCUT2D eigenvalue weighted by atomic mass is 14.9. The Morgan fingerprint density at radius 2 is 2.05 bits per heavy atom. The Labute approximate surface area is 115 Å². The second kappa shape index (κ2) is 6.41. The summed E-state index contributed by atoms with van der Waals surface area (Å²) in [6.45, 7) is 4.46. The van der Waals surface area contributed by atoms with Gasteiger partial charge in [0.25, 0.3) is 0 Å². The number of rotatable bonds is 6. The molecule has 0 aliphatic heterocycles. The van der Waals surface area contributed by atoms with Crippen molar-refractivity contribution in [2.24, 2.45) is 0 Å². The summed E-state index contributed by atoms with van der Waals surface area (Å²) in [5, 5.41) is 5.75. The Bertz CT molecular complexity index is 537. The lowest BCUT2D eigenvalue weighted by Gasteiger charge is -2.17. The normalized spacial score (nSPS) is 12.5. The molecule has 0 saturated heterocycles. The van der Waals surface area contributed by atoms with Gasteiger partial charge in [0.15, 0.2) is 0 Å². The molecule has 0 aliphatic carbocycles. The number of fused-ring (bicyclic) bond motifs is 1. The van der Waals surface area contributed by atoms with Crippen molar-refractivity contribution in [2.75, 3.05) is 11.1 Å². The fraction of sp³-hybridized carbons (Fsp3) is 0.438. The van der Waals surface area contributed by atoms with E-state index in [0.717, 1.165) is 22.1 Å². The number of nitrogen functional groups attached to an aromatic ring is 1. The number of anilines is 2. The molecule has 0 radical (unpaired) electrons. The average molecular weight is 257 g/mol. The fourth-order valence-corrected chi connectivity index (χ4v) is 2.38. The molecule has 1 atom stereocenters. The molecule has 1 aromatic heterocycles. The highest BCUT2D eigenvalue weighted by Crippen LogP contribution is 2.28. The molecule has 0 aliphatic rings. The van der Waals surface area contributed by atoms with E-state index in [-0.39, 0.29) is 0 Å². The van der Waals surface area contributed by atoms with E-state index in [2.05, 4.69) is 30.2 Å². The summed E-state index contributed by atoms with van der Waals surface area (Å²) in [5.41, 5.74) is 7.93. The molecule has 2 rings (SSSR count). The van der Waals surface area contributed by atoms with Crippen molar-refractivity contribution in [3.8, 4) is 0 Å². The Hall–Kier alpha value is -1.77. The molecular formula is C16H23N3. The number of hydrogen-bond donors (Lipinski definition) is 2. The van der Waals surface area contributed by atoms with Crippen molar-refractivity contribution in [1.82, 2.24) is 4.98 Å². The Kier molecular flexibility index (Phi) is 4.61. The smallest absolute Gasteiger partial charge is 0.0439 e. The number of nitrogens with two attached hydrogens (primary N) is 1. The number of benzene rings is 1. The zero-order valence-corrected chi connectivity index (χ0v) is 11.8. The lowest BCUT2D eigenvalue weighted by Crippen LogP contribution is -2.15. The first kappa shape index (κ1) is 13.7. The number of aromatic nitrogens is 1. The second-order valence-electron chi connectivity index (χ2n) is 5.16. The van der Waals surface area contributed by atoms with E-state index >= 15 is 0 Å². The van der Waals surface area contributed by atoms with E-state index in [1.807, 2.05) is 18.3 Å². The van der Waals surface area contributed by atoms with Crippen molar-refractivity contribution in [2.45, 2.75) is 45.6 Å². The average Bonchev–Trinajstić information content (AvgIpc) is 2.43. The van der Waals surface area contributed by atoms with Crippen molar-refractivity contribution in [1.29, 1.82) is 0 Å². The minimum Gasteiger partial charge on any atom is -0.398 e. The maximum absolute atomic E-state index is 6.00. The molecule has 2 aromatic rings. The van der Waals surface area contributed by atoms with Crippen LogP contribution >= 0.6 is 0 Å². The van der Waals surface area contributed by atoms with Crippen LogP contribution in [0.25, 0.3) is 10.8 Å². The lowest BCUT2D eigenvalue weighted by molar-refractivity contribution is 0.615. The predicted octanol–water partition coefficient (Wildman–Crippen LogP) is 4.20. The fourth-order valence-electron chi connectivity index (χ4n) is 2.38. The Morgan fingerprint density at radius 3 is 2.84 bits per heavy atom. The van der Waals surface area contributed by atoms with Gasteiger partial charge in [-0.05, 0) is 31.5 Å². The van der Waals surface area contributed by atoms with Crippen LogP contribution in [0.4, 0.5) is 11.4 Å². The van der Waals surface area contributed by atoms with Gasteiger partial charge in [-0.1, -0.05) is 26.2 Å². The summed E-state index contributed by atoms with van der Waals surface area (Å²) < 4.78 is 0. The monoisotopic (exact) mass is 257 g/mol. The van der Waals surface area contributed by atoms with E-state index in [4.69, 9.17) is 5.73 Å². The summed E-state index contributed by atoms with van der Waals surface area (Å²) in [5.74, 6) is 0. The first-order valence-corrected chi connectivity index (χ1v) is 7.11. The molecule has 0 saturated carbocycles. The van der Waals surface area contributed by atoms with E-state index in [0.29, 0.717) is 6.04 Å². The van der Waals surface area contributed by atoms with Gasteiger partial charge >= 0.3 is 0 Å². The number of hydrogen-bond acceptors (Lipinski definition) is 3. The highest BCUT2D eigenvalue weighted by molar-refractivity contribution is 6.00. The van der Waals surface area contributed by atoms with Crippen LogP contribution in [0, 0.1) is 0 Å². The van der Waals surface area contributed by atoms with Crippen LogP contribution in [-0.4, -0.2) is 11.0 Å². The van der Waals surface area contributed by atoms with Gasteiger partial charge < -0.3 is 11.1 Å². The number of nitrogens with zero attached hydrogens (tertiary/aromatic N) is 1. The Balaban J connectivity index is 2.14. The molecule has 3 heteroatoms. The molecule has 1 heterocycles. The van der Waals surface area contributed by atoms with Crippen LogP contribution in [-0.2, 0) is 0 Å². The van der Waals surface area contributed by atoms with Crippen LogP contribution in [0.15, 0.2) is 30.6 Å². The van der Waals surface area contributed by atoms with Crippen LogP contribution < -0.4 is 11.1 Å². The van der Waals surface area contributed by atoms with E-state index in [9.17, 15) is 0 Å². The second-order valence-corrected chi connectivity index (χ2v) is 5.16. The predicted molar refractivity (Wildman–Crippen MR) is 83.4 cm³/mol. The molecule has 0 bridgehead atoms. The standard InChI is InChI=1S/C16H23N3/c1-3-4-5-6-12(2)19-16-8-7-15(17)13-9-10-18-11-14(13)16/h7-12,19H,3-6,17H2,1-2H3. The van der Waals surface area contributed by atoms with Crippen LogP contribution in [0.2, 0.25) is 0 Å². The van der Waals surface area contributed by atoms with Gasteiger partial charge in [-0.25, -0.2) is 0 Å². The summed E-state index contributed by atoms with van der Waals surface area (Å²) in [6.07, 6.45) is 8.70. The number of nitrogens with one attached hydrogen (secondary N) is 1.